The first-order valence-corrected chi connectivity index (χ1v) is 10.0. The first-order chi connectivity index (χ1) is 14.9. The summed E-state index contributed by atoms with van der Waals surface area (Å²) < 4.78 is 5.30. The molecule has 3 aromatic rings. The second-order valence-corrected chi connectivity index (χ2v) is 7.34. The van der Waals surface area contributed by atoms with E-state index in [4.69, 9.17) is 27.9 Å². The van der Waals surface area contributed by atoms with Gasteiger partial charge in [-0.3, -0.25) is 14.4 Å². The van der Waals surface area contributed by atoms with E-state index < -0.39 is 17.7 Å². The van der Waals surface area contributed by atoms with Crippen molar-refractivity contribution in [2.24, 2.45) is 0 Å². The molecule has 0 atom stereocenters. The first-order valence-electron chi connectivity index (χ1n) is 9.28. The van der Waals surface area contributed by atoms with Gasteiger partial charge in [0.2, 0.25) is 5.88 Å². The van der Waals surface area contributed by atoms with Crippen LogP contribution in [0.1, 0.15) is 38.1 Å². The molecule has 0 saturated heterocycles. The molecule has 1 aliphatic rings. The molecule has 2 aromatic carbocycles. The molecule has 31 heavy (non-hydrogen) atoms. The van der Waals surface area contributed by atoms with Crippen LogP contribution in [0.25, 0.3) is 0 Å². The van der Waals surface area contributed by atoms with Crippen LogP contribution in [-0.4, -0.2) is 29.3 Å². The van der Waals surface area contributed by atoms with Crippen molar-refractivity contribution in [3.63, 3.8) is 0 Å². The van der Waals surface area contributed by atoms with Gasteiger partial charge in [-0.1, -0.05) is 35.3 Å². The van der Waals surface area contributed by atoms with Gasteiger partial charge in [-0.05, 0) is 43.3 Å². The number of aromatic nitrogens is 1. The van der Waals surface area contributed by atoms with Gasteiger partial charge < -0.3 is 10.1 Å². The minimum Gasteiger partial charge on any atom is -0.478 e. The molecule has 0 spiro atoms. The number of imide groups is 1. The number of carbonyl (C=O) groups is 3. The predicted molar refractivity (Wildman–Crippen MR) is 117 cm³/mol. The van der Waals surface area contributed by atoms with Crippen LogP contribution in [0.15, 0.2) is 54.6 Å². The van der Waals surface area contributed by atoms with Crippen molar-refractivity contribution < 1.29 is 19.1 Å². The number of benzene rings is 2. The second-order valence-electron chi connectivity index (χ2n) is 6.52. The van der Waals surface area contributed by atoms with Gasteiger partial charge in [-0.2, -0.15) is 0 Å². The molecule has 0 aliphatic carbocycles. The van der Waals surface area contributed by atoms with Crippen LogP contribution in [0.5, 0.6) is 5.88 Å². The van der Waals surface area contributed by atoms with E-state index in [9.17, 15) is 14.4 Å². The third-order valence-electron chi connectivity index (χ3n) is 4.57. The fraction of sp³-hybridized carbons (Fsp3) is 0.0909. The number of amides is 3. The maximum Gasteiger partial charge on any atom is 0.275 e. The van der Waals surface area contributed by atoms with E-state index >= 15 is 0 Å². The Balaban J connectivity index is 1.58. The molecule has 9 heteroatoms. The molecule has 4 rings (SSSR count). The molecule has 0 unspecified atom stereocenters. The summed E-state index contributed by atoms with van der Waals surface area (Å²) in [4.78, 5) is 43.1. The van der Waals surface area contributed by atoms with Gasteiger partial charge in [0.05, 0.1) is 33.5 Å². The highest BCUT2D eigenvalue weighted by Crippen LogP contribution is 2.35. The van der Waals surface area contributed by atoms with Crippen LogP contribution in [0.2, 0.25) is 10.0 Å². The van der Waals surface area contributed by atoms with Crippen LogP contribution in [0, 0.1) is 0 Å². The predicted octanol–water partition coefficient (Wildman–Crippen LogP) is 4.84. The van der Waals surface area contributed by atoms with Crippen molar-refractivity contribution in [1.29, 1.82) is 0 Å². The Morgan fingerprint density at radius 2 is 1.68 bits per heavy atom. The van der Waals surface area contributed by atoms with Crippen molar-refractivity contribution in [1.82, 2.24) is 4.98 Å². The van der Waals surface area contributed by atoms with Crippen LogP contribution < -0.4 is 15.0 Å². The molecule has 1 N–H and O–H groups in total. The van der Waals surface area contributed by atoms with E-state index in [-0.39, 0.29) is 27.3 Å². The van der Waals surface area contributed by atoms with Gasteiger partial charge in [0.1, 0.15) is 0 Å². The van der Waals surface area contributed by atoms with Crippen molar-refractivity contribution in [2.75, 3.05) is 16.8 Å². The molecule has 0 bridgehead atoms. The second kappa shape index (κ2) is 8.37. The van der Waals surface area contributed by atoms with E-state index in [2.05, 4.69) is 10.3 Å². The van der Waals surface area contributed by atoms with Crippen LogP contribution in [-0.2, 0) is 0 Å². The monoisotopic (exact) mass is 455 g/mol. The zero-order chi connectivity index (χ0) is 22.1. The SMILES string of the molecule is CCOc1ccc(Cl)c(C(=O)Nc2ccc(N3C(=O)c4ccccc4C3=O)c(Cl)c2)n1. The molecule has 2 heterocycles. The minimum atomic E-state index is -0.559. The summed E-state index contributed by atoms with van der Waals surface area (Å²) in [5.74, 6) is -1.20. The smallest absolute Gasteiger partial charge is 0.275 e. The lowest BCUT2D eigenvalue weighted by molar-refractivity contribution is 0.0924. The Labute approximate surface area is 187 Å². The first kappa shape index (κ1) is 20.8. The third-order valence-corrected chi connectivity index (χ3v) is 5.18. The fourth-order valence-corrected chi connectivity index (χ4v) is 3.63. The van der Waals surface area contributed by atoms with Gasteiger partial charge in [0.25, 0.3) is 17.7 Å². The lowest BCUT2D eigenvalue weighted by atomic mass is 10.1. The number of nitrogens with one attached hydrogen (secondary N) is 1. The average molecular weight is 456 g/mol. The molecule has 1 aliphatic heterocycles. The molecule has 7 nitrogen and oxygen atoms in total. The van der Waals surface area contributed by atoms with E-state index in [1.807, 2.05) is 0 Å². The standard InChI is InChI=1S/C22H15Cl2N3O4/c1-2-31-18-10-8-15(23)19(26-18)20(28)25-12-7-9-17(16(24)11-12)27-21(29)13-5-3-4-6-14(13)22(27)30/h3-11H,2H2,1H3,(H,25,28). The summed E-state index contributed by atoms with van der Waals surface area (Å²) in [6, 6.07) is 14.1. The summed E-state index contributed by atoms with van der Waals surface area (Å²) in [6.07, 6.45) is 0. The Morgan fingerprint density at radius 1 is 1.00 bits per heavy atom. The number of anilines is 2. The Kier molecular flexibility index (Phi) is 5.63. The van der Waals surface area contributed by atoms with Crippen molar-refractivity contribution in [3.8, 4) is 5.88 Å². The van der Waals surface area contributed by atoms with E-state index in [0.717, 1.165) is 4.90 Å². The number of pyridine rings is 1. The zero-order valence-corrected chi connectivity index (χ0v) is 17.7. The van der Waals surface area contributed by atoms with Crippen LogP contribution in [0.4, 0.5) is 11.4 Å². The Hall–Kier alpha value is -3.42. The van der Waals surface area contributed by atoms with E-state index in [1.54, 1.807) is 37.3 Å². The number of hydrogen-bond donors (Lipinski definition) is 1. The number of carbonyl (C=O) groups excluding carboxylic acids is 3. The highest BCUT2D eigenvalue weighted by molar-refractivity contribution is 6.40. The van der Waals surface area contributed by atoms with E-state index in [1.165, 1.54) is 24.3 Å². The molecular weight excluding hydrogens is 441 g/mol. The third kappa shape index (κ3) is 3.85. The lowest BCUT2D eigenvalue weighted by Gasteiger charge is -2.16. The molecule has 156 valence electrons. The van der Waals surface area contributed by atoms with Crippen molar-refractivity contribution in [2.45, 2.75) is 6.92 Å². The molecule has 0 fully saturated rings. The summed E-state index contributed by atoms with van der Waals surface area (Å²) in [7, 11) is 0. The lowest BCUT2D eigenvalue weighted by Crippen LogP contribution is -2.29. The van der Waals surface area contributed by atoms with Gasteiger partial charge in [0, 0.05) is 11.8 Å². The molecule has 0 radical (unpaired) electrons. The largest absolute Gasteiger partial charge is 0.478 e. The van der Waals surface area contributed by atoms with Crippen LogP contribution >= 0.6 is 23.2 Å². The molecule has 0 saturated carbocycles. The van der Waals surface area contributed by atoms with Gasteiger partial charge >= 0.3 is 0 Å². The number of nitrogens with zero attached hydrogens (tertiary/aromatic N) is 2. The number of halogens is 2. The summed E-state index contributed by atoms with van der Waals surface area (Å²) >= 11 is 12.4. The summed E-state index contributed by atoms with van der Waals surface area (Å²) in [6.45, 7) is 2.19. The van der Waals surface area contributed by atoms with E-state index in [0.29, 0.717) is 23.4 Å². The summed E-state index contributed by atoms with van der Waals surface area (Å²) in [5.41, 5.74) is 1.19. The Bertz CT molecular complexity index is 1190. The normalized spacial score (nSPS) is 12.7. The average Bonchev–Trinajstić information content (AvgIpc) is 3.00. The molecule has 3 amide bonds. The highest BCUT2D eigenvalue weighted by Gasteiger charge is 2.37. The van der Waals surface area contributed by atoms with Gasteiger partial charge in [-0.15, -0.1) is 0 Å². The number of rotatable bonds is 5. The van der Waals surface area contributed by atoms with Crippen molar-refractivity contribution >= 4 is 52.3 Å². The van der Waals surface area contributed by atoms with Gasteiger partial charge in [-0.25, -0.2) is 9.88 Å². The van der Waals surface area contributed by atoms with Crippen molar-refractivity contribution in [3.05, 3.63) is 81.5 Å². The van der Waals surface area contributed by atoms with Crippen LogP contribution in [0.3, 0.4) is 0 Å². The maximum atomic E-state index is 12.7. The maximum absolute atomic E-state index is 12.7. The Morgan fingerprint density at radius 3 is 2.29 bits per heavy atom. The van der Waals surface area contributed by atoms with Gasteiger partial charge in [0.15, 0.2) is 5.69 Å². The molecule has 1 aromatic heterocycles. The number of ether oxygens (including phenoxy) is 1. The highest BCUT2D eigenvalue weighted by atomic mass is 35.5. The summed E-state index contributed by atoms with van der Waals surface area (Å²) in [5, 5.41) is 2.93. The number of hydrogen-bond acceptors (Lipinski definition) is 5. The quantitative estimate of drug-likeness (QED) is 0.555. The molecular formula is C22H15Cl2N3O4. The fourth-order valence-electron chi connectivity index (χ4n) is 3.18. The zero-order valence-electron chi connectivity index (χ0n) is 16.2. The number of fused-ring (bicyclic) bond motifs is 1. The minimum absolute atomic E-state index is 0.00633. The topological polar surface area (TPSA) is 88.6 Å².